The Hall–Kier alpha value is -3.59. The van der Waals surface area contributed by atoms with E-state index >= 15 is 0 Å². The minimum absolute atomic E-state index is 0.0689. The molecule has 1 aliphatic rings. The zero-order chi connectivity index (χ0) is 23.4. The number of hydrogen-bond acceptors (Lipinski definition) is 8. The summed E-state index contributed by atoms with van der Waals surface area (Å²) in [5, 5.41) is 11.9. The van der Waals surface area contributed by atoms with Crippen LogP contribution in [-0.4, -0.2) is 57.3 Å². The molecule has 0 saturated heterocycles. The Balaban J connectivity index is 1.61. The molecule has 9 heteroatoms. The first-order valence-electron chi connectivity index (χ1n) is 11.0. The molecule has 0 aromatic carbocycles. The first-order valence-corrected chi connectivity index (χ1v) is 11.0. The van der Waals surface area contributed by atoms with Crippen LogP contribution >= 0.6 is 0 Å². The van der Waals surface area contributed by atoms with Crippen molar-refractivity contribution in [1.82, 2.24) is 19.9 Å². The fourth-order valence-electron chi connectivity index (χ4n) is 3.75. The summed E-state index contributed by atoms with van der Waals surface area (Å²) >= 11 is 0. The maximum Gasteiger partial charge on any atom is 0.246 e. The highest BCUT2D eigenvalue weighted by Gasteiger charge is 2.27. The summed E-state index contributed by atoms with van der Waals surface area (Å²) in [6.45, 7) is 3.88. The van der Waals surface area contributed by atoms with Gasteiger partial charge in [0.15, 0.2) is 5.82 Å². The van der Waals surface area contributed by atoms with Gasteiger partial charge in [-0.1, -0.05) is 0 Å². The largest absolute Gasteiger partial charge is 0.491 e. The maximum atomic E-state index is 12.9. The third kappa shape index (κ3) is 5.09. The van der Waals surface area contributed by atoms with Crippen molar-refractivity contribution in [3.05, 3.63) is 53.6 Å². The highest BCUT2D eigenvalue weighted by molar-refractivity contribution is 5.96. The summed E-state index contributed by atoms with van der Waals surface area (Å²) in [6, 6.07) is 6.72. The van der Waals surface area contributed by atoms with Crippen molar-refractivity contribution >= 4 is 17.4 Å². The van der Waals surface area contributed by atoms with Gasteiger partial charge < -0.3 is 20.1 Å². The van der Waals surface area contributed by atoms with E-state index in [0.717, 1.165) is 42.0 Å². The normalized spacial score (nSPS) is 13.3. The molecule has 0 saturated carbocycles. The Morgan fingerprint density at radius 3 is 2.85 bits per heavy atom. The van der Waals surface area contributed by atoms with Crippen LogP contribution in [0.4, 0.5) is 11.5 Å². The number of aliphatic hydroxyl groups is 1. The summed E-state index contributed by atoms with van der Waals surface area (Å²) in [7, 11) is 1.87. The van der Waals surface area contributed by atoms with Crippen molar-refractivity contribution in [3.63, 3.8) is 0 Å². The predicted octanol–water partition coefficient (Wildman–Crippen LogP) is 2.57. The molecule has 2 N–H and O–H groups in total. The van der Waals surface area contributed by atoms with Crippen LogP contribution in [0.3, 0.4) is 0 Å². The number of nitrogens with one attached hydrogen (secondary N) is 1. The molecule has 33 heavy (non-hydrogen) atoms. The van der Waals surface area contributed by atoms with Gasteiger partial charge in [-0.25, -0.2) is 9.97 Å². The van der Waals surface area contributed by atoms with Gasteiger partial charge in [0.05, 0.1) is 18.5 Å². The number of aliphatic hydroxyl groups excluding tert-OH is 1. The minimum Gasteiger partial charge on any atom is -0.491 e. The lowest BCUT2D eigenvalue weighted by Crippen LogP contribution is -2.40. The molecule has 1 atom stereocenters. The van der Waals surface area contributed by atoms with Crippen LogP contribution in [0.2, 0.25) is 0 Å². The van der Waals surface area contributed by atoms with Gasteiger partial charge in [0.2, 0.25) is 5.91 Å². The number of likely N-dealkylation sites (N-methyl/N-ethyl adjacent to an activating group) is 1. The molecule has 0 spiro atoms. The van der Waals surface area contributed by atoms with E-state index in [1.54, 1.807) is 24.5 Å². The molecule has 3 aromatic rings. The Bertz CT molecular complexity index is 1140. The van der Waals surface area contributed by atoms with Gasteiger partial charge >= 0.3 is 0 Å². The molecule has 1 aliphatic carbocycles. The molecule has 1 amide bonds. The number of hydrogen-bond donors (Lipinski definition) is 2. The van der Waals surface area contributed by atoms with Crippen molar-refractivity contribution in [2.45, 2.75) is 39.2 Å². The Kier molecular flexibility index (Phi) is 6.79. The third-order valence-corrected chi connectivity index (χ3v) is 5.71. The van der Waals surface area contributed by atoms with E-state index in [0.29, 0.717) is 23.0 Å². The van der Waals surface area contributed by atoms with Crippen LogP contribution in [0.1, 0.15) is 30.3 Å². The number of nitrogens with zero attached hydrogens (tertiary/aromatic N) is 5. The highest BCUT2D eigenvalue weighted by atomic mass is 16.5. The summed E-state index contributed by atoms with van der Waals surface area (Å²) in [5.41, 5.74) is 4.19. The Labute approximate surface area is 192 Å². The molecule has 0 bridgehead atoms. The first-order chi connectivity index (χ1) is 16.0. The number of amides is 1. The number of aromatic nitrogens is 4. The summed E-state index contributed by atoms with van der Waals surface area (Å²) in [6.07, 6.45) is 6.02. The lowest BCUT2D eigenvalue weighted by atomic mass is 10.2. The lowest BCUT2D eigenvalue weighted by molar-refractivity contribution is -0.117. The molecule has 172 valence electrons. The van der Waals surface area contributed by atoms with E-state index in [9.17, 15) is 4.79 Å². The fourth-order valence-corrected chi connectivity index (χ4v) is 3.75. The molecule has 4 rings (SSSR count). The van der Waals surface area contributed by atoms with Crippen LogP contribution < -0.4 is 15.0 Å². The third-order valence-electron chi connectivity index (χ3n) is 5.71. The number of rotatable bonds is 8. The van der Waals surface area contributed by atoms with Crippen molar-refractivity contribution in [2.75, 3.05) is 30.5 Å². The monoisotopic (exact) mass is 448 g/mol. The molecule has 0 radical (unpaired) electrons. The average Bonchev–Trinajstić information content (AvgIpc) is 3.31. The Morgan fingerprint density at radius 2 is 2.09 bits per heavy atom. The number of aryl methyl sites for hydroxylation is 2. The number of carbonyl (C=O) groups is 1. The van der Waals surface area contributed by atoms with E-state index in [2.05, 4.69) is 15.3 Å². The van der Waals surface area contributed by atoms with Gasteiger partial charge in [0, 0.05) is 36.3 Å². The first kappa shape index (κ1) is 22.6. The van der Waals surface area contributed by atoms with Crippen molar-refractivity contribution in [3.8, 4) is 17.3 Å². The van der Waals surface area contributed by atoms with Crippen molar-refractivity contribution in [1.29, 1.82) is 0 Å². The summed E-state index contributed by atoms with van der Waals surface area (Å²) < 4.78 is 5.51. The van der Waals surface area contributed by atoms with Crippen LogP contribution in [-0.2, 0) is 17.6 Å². The van der Waals surface area contributed by atoms with Crippen molar-refractivity contribution < 1.29 is 14.6 Å². The second kappa shape index (κ2) is 9.91. The van der Waals surface area contributed by atoms with Gasteiger partial charge in [-0.05, 0) is 51.3 Å². The summed E-state index contributed by atoms with van der Waals surface area (Å²) in [5.74, 6) is 1.67. The predicted molar refractivity (Wildman–Crippen MR) is 125 cm³/mol. The Morgan fingerprint density at radius 1 is 1.24 bits per heavy atom. The zero-order valence-corrected chi connectivity index (χ0v) is 19.1. The van der Waals surface area contributed by atoms with Crippen LogP contribution in [0.5, 0.6) is 5.75 Å². The van der Waals surface area contributed by atoms with Gasteiger partial charge in [0.1, 0.15) is 29.9 Å². The maximum absolute atomic E-state index is 12.9. The molecular formula is C24H28N6O3. The lowest BCUT2D eigenvalue weighted by Gasteiger charge is -2.27. The number of anilines is 2. The van der Waals surface area contributed by atoms with E-state index in [1.807, 2.05) is 37.9 Å². The SMILES string of the molecule is Cc1ccc(NC(=O)[C@@H](C)N(C)c2nc(-c3cc(OCCO)ccn3)nc3c2CCC3)cn1. The van der Waals surface area contributed by atoms with Crippen LogP contribution in [0.25, 0.3) is 11.5 Å². The van der Waals surface area contributed by atoms with Crippen LogP contribution in [0.15, 0.2) is 36.7 Å². The average molecular weight is 449 g/mol. The smallest absolute Gasteiger partial charge is 0.246 e. The molecule has 0 unspecified atom stereocenters. The number of pyridine rings is 2. The van der Waals surface area contributed by atoms with Crippen molar-refractivity contribution in [2.24, 2.45) is 0 Å². The van der Waals surface area contributed by atoms with Gasteiger partial charge in [0.25, 0.3) is 0 Å². The van der Waals surface area contributed by atoms with Gasteiger partial charge in [-0.15, -0.1) is 0 Å². The topological polar surface area (TPSA) is 113 Å². The molecule has 3 aromatic heterocycles. The van der Waals surface area contributed by atoms with E-state index in [4.69, 9.17) is 19.8 Å². The quantitative estimate of drug-likeness (QED) is 0.541. The standard InChI is InChI=1S/C24H28N6O3/c1-15-7-8-17(14-26-15)27-24(32)16(2)30(3)23-19-5-4-6-20(19)28-22(29-23)21-13-18(9-10-25-21)33-12-11-31/h7-10,13-14,16,31H,4-6,11-12H2,1-3H3,(H,27,32)/t16-/m1/s1. The van der Waals surface area contributed by atoms with E-state index in [1.165, 1.54) is 0 Å². The van der Waals surface area contributed by atoms with Gasteiger partial charge in [-0.3, -0.25) is 14.8 Å². The number of ether oxygens (including phenoxy) is 1. The molecule has 9 nitrogen and oxygen atoms in total. The van der Waals surface area contributed by atoms with E-state index in [-0.39, 0.29) is 19.1 Å². The number of carbonyl (C=O) groups excluding carboxylic acids is 1. The zero-order valence-electron chi connectivity index (χ0n) is 19.1. The molecule has 3 heterocycles. The second-order valence-electron chi connectivity index (χ2n) is 8.06. The summed E-state index contributed by atoms with van der Waals surface area (Å²) in [4.78, 5) is 33.0. The molecule has 0 aliphatic heterocycles. The minimum atomic E-state index is -0.467. The number of fused-ring (bicyclic) bond motifs is 1. The second-order valence-corrected chi connectivity index (χ2v) is 8.06. The molecular weight excluding hydrogens is 420 g/mol. The fraction of sp³-hybridized carbons (Fsp3) is 0.375. The van der Waals surface area contributed by atoms with Crippen LogP contribution in [0, 0.1) is 6.92 Å². The van der Waals surface area contributed by atoms with Gasteiger partial charge in [-0.2, -0.15) is 0 Å². The molecule has 0 fully saturated rings. The highest BCUT2D eigenvalue weighted by Crippen LogP contribution is 2.32. The van der Waals surface area contributed by atoms with E-state index < -0.39 is 6.04 Å².